The summed E-state index contributed by atoms with van der Waals surface area (Å²) in [5.41, 5.74) is 2.55. The second-order valence-electron chi connectivity index (χ2n) is 7.01. The van der Waals surface area contributed by atoms with Crippen molar-refractivity contribution in [3.05, 3.63) is 95.6 Å². The van der Waals surface area contributed by atoms with Gasteiger partial charge in [0.05, 0.1) is 29.8 Å². The average Bonchev–Trinajstić information content (AvgIpc) is 3.01. The number of nitrogens with zero attached hydrogens (tertiary/aromatic N) is 2. The molecule has 1 aromatic heterocycles. The van der Waals surface area contributed by atoms with Crippen LogP contribution in [0.2, 0.25) is 0 Å². The maximum atomic E-state index is 13.4. The van der Waals surface area contributed by atoms with Crippen molar-refractivity contribution >= 4 is 17.5 Å². The van der Waals surface area contributed by atoms with E-state index >= 15 is 0 Å². The molecule has 0 fully saturated rings. The van der Waals surface area contributed by atoms with Crippen LogP contribution in [0.3, 0.4) is 0 Å². The molecule has 6 heteroatoms. The monoisotopic (exact) mass is 389 g/mol. The summed E-state index contributed by atoms with van der Waals surface area (Å²) in [6, 6.07) is 18.0. The Balaban J connectivity index is 1.59. The highest BCUT2D eigenvalue weighted by Gasteiger charge is 2.40. The first-order valence-electron chi connectivity index (χ1n) is 9.43. The minimum absolute atomic E-state index is 0.0598. The number of hydrogen-bond donors (Lipinski definition) is 1. The second-order valence-corrected chi connectivity index (χ2v) is 7.01. The fraction of sp³-hybridized carbons (Fsp3) is 0.174. The highest BCUT2D eigenvalue weighted by Crippen LogP contribution is 2.38. The van der Waals surface area contributed by atoms with Crippen molar-refractivity contribution in [1.82, 2.24) is 10.3 Å². The molecule has 5 nitrogen and oxygen atoms in total. The second kappa shape index (κ2) is 7.83. The van der Waals surface area contributed by atoms with Gasteiger partial charge >= 0.3 is 0 Å². The van der Waals surface area contributed by atoms with Gasteiger partial charge in [-0.1, -0.05) is 30.3 Å². The van der Waals surface area contributed by atoms with Gasteiger partial charge in [0.15, 0.2) is 0 Å². The number of benzene rings is 2. The van der Waals surface area contributed by atoms with Crippen molar-refractivity contribution in [1.29, 1.82) is 0 Å². The predicted molar refractivity (Wildman–Crippen MR) is 108 cm³/mol. The lowest BCUT2D eigenvalue weighted by Crippen LogP contribution is -2.34. The quantitative estimate of drug-likeness (QED) is 0.712. The van der Waals surface area contributed by atoms with Crippen molar-refractivity contribution in [2.24, 2.45) is 0 Å². The molecule has 0 radical (unpaired) electrons. The van der Waals surface area contributed by atoms with E-state index in [2.05, 4.69) is 10.3 Å². The van der Waals surface area contributed by atoms with Crippen LogP contribution in [0.15, 0.2) is 72.9 Å². The van der Waals surface area contributed by atoms with Gasteiger partial charge in [0.25, 0.3) is 5.91 Å². The number of hydrogen-bond acceptors (Lipinski definition) is 3. The van der Waals surface area contributed by atoms with Crippen LogP contribution in [0, 0.1) is 5.82 Å². The van der Waals surface area contributed by atoms with E-state index in [1.54, 1.807) is 18.3 Å². The van der Waals surface area contributed by atoms with Crippen LogP contribution in [0.4, 0.5) is 10.1 Å². The van der Waals surface area contributed by atoms with Crippen LogP contribution < -0.4 is 10.2 Å². The van der Waals surface area contributed by atoms with E-state index in [0.717, 1.165) is 5.56 Å². The molecular weight excluding hydrogens is 369 g/mol. The topological polar surface area (TPSA) is 62.3 Å². The molecule has 0 bridgehead atoms. The highest BCUT2D eigenvalue weighted by molar-refractivity contribution is 6.11. The number of aromatic nitrogens is 1. The van der Waals surface area contributed by atoms with E-state index in [4.69, 9.17) is 0 Å². The van der Waals surface area contributed by atoms with Crippen LogP contribution >= 0.6 is 0 Å². The number of nitrogens with one attached hydrogen (secondary N) is 1. The fourth-order valence-electron chi connectivity index (χ4n) is 3.65. The molecule has 0 spiro atoms. The minimum atomic E-state index is -0.549. The summed E-state index contributed by atoms with van der Waals surface area (Å²) >= 11 is 0. The third-order valence-electron chi connectivity index (χ3n) is 5.08. The SMILES string of the molecule is C[C@H](NC(=O)C[C@H]1c2ncccc2C(=O)N1c1ccc(F)cc1)c1ccccc1. The van der Waals surface area contributed by atoms with Crippen molar-refractivity contribution in [3.63, 3.8) is 0 Å². The molecule has 3 aromatic rings. The van der Waals surface area contributed by atoms with E-state index in [1.807, 2.05) is 37.3 Å². The zero-order valence-corrected chi connectivity index (χ0v) is 15.9. The number of carbonyl (C=O) groups is 2. The van der Waals surface area contributed by atoms with Crippen molar-refractivity contribution in [2.45, 2.75) is 25.4 Å². The molecule has 0 saturated heterocycles. The molecule has 29 heavy (non-hydrogen) atoms. The Morgan fingerprint density at radius 1 is 1.10 bits per heavy atom. The molecular formula is C23H20FN3O2. The van der Waals surface area contributed by atoms with Crippen molar-refractivity contribution in [3.8, 4) is 0 Å². The van der Waals surface area contributed by atoms with Gasteiger partial charge in [-0.2, -0.15) is 0 Å². The van der Waals surface area contributed by atoms with Gasteiger partial charge < -0.3 is 5.32 Å². The summed E-state index contributed by atoms with van der Waals surface area (Å²) in [6.07, 6.45) is 1.67. The Labute approximate surface area is 168 Å². The predicted octanol–water partition coefficient (Wildman–Crippen LogP) is 4.19. The Morgan fingerprint density at radius 3 is 2.55 bits per heavy atom. The maximum Gasteiger partial charge on any atom is 0.260 e. The zero-order chi connectivity index (χ0) is 20.4. The third-order valence-corrected chi connectivity index (χ3v) is 5.08. The number of halogens is 1. The van der Waals surface area contributed by atoms with Gasteiger partial charge in [0, 0.05) is 11.9 Å². The van der Waals surface area contributed by atoms with Crippen LogP contribution in [-0.2, 0) is 4.79 Å². The van der Waals surface area contributed by atoms with Crippen LogP contribution in [0.25, 0.3) is 0 Å². The van der Waals surface area contributed by atoms with Gasteiger partial charge in [0.1, 0.15) is 5.82 Å². The summed E-state index contributed by atoms with van der Waals surface area (Å²) in [7, 11) is 0. The lowest BCUT2D eigenvalue weighted by Gasteiger charge is -2.25. The highest BCUT2D eigenvalue weighted by atomic mass is 19.1. The summed E-state index contributed by atoms with van der Waals surface area (Å²) in [5, 5.41) is 2.99. The Hall–Kier alpha value is -3.54. The molecule has 2 amide bonds. The van der Waals surface area contributed by atoms with Gasteiger partial charge in [-0.05, 0) is 48.9 Å². The Kier molecular flexibility index (Phi) is 5.08. The van der Waals surface area contributed by atoms with E-state index < -0.39 is 6.04 Å². The normalized spacial score (nSPS) is 16.4. The number of amides is 2. The fourth-order valence-corrected chi connectivity index (χ4v) is 3.65. The minimum Gasteiger partial charge on any atom is -0.350 e. The number of pyridine rings is 1. The first-order chi connectivity index (χ1) is 14.0. The van der Waals surface area contributed by atoms with Crippen molar-refractivity contribution < 1.29 is 14.0 Å². The molecule has 1 aliphatic heterocycles. The van der Waals surface area contributed by atoms with Crippen LogP contribution in [0.5, 0.6) is 0 Å². The van der Waals surface area contributed by atoms with Gasteiger partial charge in [-0.25, -0.2) is 4.39 Å². The Morgan fingerprint density at radius 2 is 1.83 bits per heavy atom. The summed E-state index contributed by atoms with van der Waals surface area (Å²) in [6.45, 7) is 1.91. The van der Waals surface area contributed by atoms with Crippen LogP contribution in [-0.4, -0.2) is 16.8 Å². The van der Waals surface area contributed by atoms with Crippen molar-refractivity contribution in [2.75, 3.05) is 4.90 Å². The summed E-state index contributed by atoms with van der Waals surface area (Å²) < 4.78 is 13.4. The summed E-state index contributed by atoms with van der Waals surface area (Å²) in [4.78, 5) is 31.6. The van der Waals surface area contributed by atoms with Gasteiger partial charge in [-0.15, -0.1) is 0 Å². The first kappa shape index (κ1) is 18.8. The zero-order valence-electron chi connectivity index (χ0n) is 15.9. The van der Waals surface area contributed by atoms with Crippen LogP contribution in [0.1, 0.15) is 47.0 Å². The molecule has 0 unspecified atom stereocenters. The Bertz CT molecular complexity index is 1040. The number of fused-ring (bicyclic) bond motifs is 1. The van der Waals surface area contributed by atoms with Gasteiger partial charge in [0.2, 0.25) is 5.91 Å². The first-order valence-corrected chi connectivity index (χ1v) is 9.43. The molecule has 2 heterocycles. The largest absolute Gasteiger partial charge is 0.350 e. The average molecular weight is 389 g/mol. The summed E-state index contributed by atoms with van der Waals surface area (Å²) in [5.74, 6) is -0.819. The number of rotatable bonds is 5. The van der Waals surface area contributed by atoms with E-state index in [1.165, 1.54) is 29.2 Å². The molecule has 0 saturated carbocycles. The molecule has 2 atom stereocenters. The molecule has 1 N–H and O–H groups in total. The number of anilines is 1. The van der Waals surface area contributed by atoms with E-state index in [0.29, 0.717) is 16.9 Å². The lowest BCUT2D eigenvalue weighted by molar-refractivity contribution is -0.122. The molecule has 1 aliphatic rings. The van der Waals surface area contributed by atoms with Gasteiger partial charge in [-0.3, -0.25) is 19.5 Å². The number of carbonyl (C=O) groups excluding carboxylic acids is 2. The van der Waals surface area contributed by atoms with E-state index in [9.17, 15) is 14.0 Å². The van der Waals surface area contributed by atoms with E-state index in [-0.39, 0.29) is 30.1 Å². The molecule has 0 aliphatic carbocycles. The molecule has 2 aromatic carbocycles. The maximum absolute atomic E-state index is 13.4. The lowest BCUT2D eigenvalue weighted by atomic mass is 10.1. The molecule has 4 rings (SSSR count). The molecule has 146 valence electrons. The standard InChI is InChI=1S/C23H20FN3O2/c1-15(16-6-3-2-4-7-16)26-21(28)14-20-22-19(8-5-13-25-22)23(29)27(20)18-11-9-17(24)10-12-18/h2-13,15,20H,14H2,1H3,(H,26,28)/t15-,20-/m0/s1. The smallest absolute Gasteiger partial charge is 0.260 e. The third kappa shape index (κ3) is 3.74.